The molecule has 0 spiro atoms. The van der Waals surface area contributed by atoms with Crippen LogP contribution in [0.3, 0.4) is 0 Å². The van der Waals surface area contributed by atoms with Crippen LogP contribution in [0.5, 0.6) is 5.75 Å². The topological polar surface area (TPSA) is 75.7 Å². The maximum atomic E-state index is 13.3. The molecule has 0 fully saturated rings. The third kappa shape index (κ3) is 4.59. The molecule has 1 N–H and O–H groups in total. The average molecular weight is 535 g/mol. The van der Waals surface area contributed by atoms with Gasteiger partial charge in [-0.3, -0.25) is 9.10 Å². The van der Waals surface area contributed by atoms with Crippen molar-refractivity contribution < 1.29 is 17.9 Å². The van der Waals surface area contributed by atoms with Crippen molar-refractivity contribution in [2.45, 2.75) is 11.8 Å². The van der Waals surface area contributed by atoms with Crippen LogP contribution in [0.15, 0.2) is 65.6 Å². The van der Waals surface area contributed by atoms with Gasteiger partial charge in [0, 0.05) is 11.7 Å². The second-order valence-corrected chi connectivity index (χ2v) is 11.3. The van der Waals surface area contributed by atoms with Crippen LogP contribution < -0.4 is 14.4 Å². The summed E-state index contributed by atoms with van der Waals surface area (Å²) >= 11 is 13.5. The Bertz CT molecular complexity index is 1520. The van der Waals surface area contributed by atoms with Crippen LogP contribution in [0.1, 0.15) is 15.2 Å². The Kier molecular flexibility index (Phi) is 6.78. The quantitative estimate of drug-likeness (QED) is 0.302. The lowest BCUT2D eigenvalue weighted by Gasteiger charge is -2.21. The largest absolute Gasteiger partial charge is 0.495 e. The van der Waals surface area contributed by atoms with E-state index in [0.29, 0.717) is 21.3 Å². The molecule has 0 saturated carbocycles. The molecule has 1 aromatic heterocycles. The lowest BCUT2D eigenvalue weighted by molar-refractivity contribution is 0.103. The maximum absolute atomic E-state index is 13.3. The third-order valence-electron chi connectivity index (χ3n) is 5.24. The number of nitrogens with zero attached hydrogens (tertiary/aromatic N) is 1. The van der Waals surface area contributed by atoms with Crippen molar-refractivity contribution in [3.63, 3.8) is 0 Å². The summed E-state index contributed by atoms with van der Waals surface area (Å²) in [5.74, 6) is -0.0647. The fraction of sp³-hybridized carbons (Fsp3) is 0.125. The van der Waals surface area contributed by atoms with E-state index in [1.165, 1.54) is 29.8 Å². The van der Waals surface area contributed by atoms with Crippen LogP contribution in [-0.4, -0.2) is 28.5 Å². The number of methoxy groups -OCH3 is 1. The predicted octanol–water partition coefficient (Wildman–Crippen LogP) is 6.60. The van der Waals surface area contributed by atoms with E-state index >= 15 is 0 Å². The Morgan fingerprint density at radius 2 is 1.82 bits per heavy atom. The number of aryl methyl sites for hydroxylation is 1. The first-order chi connectivity index (χ1) is 16.1. The number of anilines is 2. The van der Waals surface area contributed by atoms with E-state index in [0.717, 1.165) is 15.6 Å². The molecule has 0 aliphatic rings. The number of amides is 1. The molecular weight excluding hydrogens is 515 g/mol. The van der Waals surface area contributed by atoms with Crippen molar-refractivity contribution in [2.24, 2.45) is 0 Å². The Labute approximate surface area is 211 Å². The molecule has 1 amide bonds. The molecule has 0 bridgehead atoms. The lowest BCUT2D eigenvalue weighted by Crippen LogP contribution is -2.27. The van der Waals surface area contributed by atoms with Crippen molar-refractivity contribution in [2.75, 3.05) is 23.8 Å². The second-order valence-electron chi connectivity index (χ2n) is 7.52. The number of sulfonamides is 1. The number of hydrogen-bond donors (Lipinski definition) is 1. The van der Waals surface area contributed by atoms with Gasteiger partial charge in [-0.25, -0.2) is 8.42 Å². The fourth-order valence-corrected chi connectivity index (χ4v) is 6.11. The number of thiophene rings is 1. The van der Waals surface area contributed by atoms with Gasteiger partial charge >= 0.3 is 0 Å². The molecule has 0 radical (unpaired) electrons. The van der Waals surface area contributed by atoms with Crippen molar-refractivity contribution in [3.8, 4) is 5.75 Å². The number of rotatable bonds is 6. The fourth-order valence-electron chi connectivity index (χ4n) is 3.39. The number of halogens is 2. The standard InChI is InChI=1S/C24H20Cl2N2O4S2/c1-14-7-9-19(32-3)22(11-14)34(30,31)28(2)16-8-10-20-15(12-16)13-21(33-20)24(29)27-18-6-4-5-17(25)23(18)26/h4-13H,1-3H3,(H,27,29). The molecule has 0 aliphatic heterocycles. The van der Waals surface area contributed by atoms with Crippen molar-refractivity contribution >= 4 is 71.9 Å². The van der Waals surface area contributed by atoms with E-state index in [-0.39, 0.29) is 21.6 Å². The average Bonchev–Trinajstić information content (AvgIpc) is 3.25. The van der Waals surface area contributed by atoms with Gasteiger partial charge in [0.2, 0.25) is 0 Å². The van der Waals surface area contributed by atoms with E-state index < -0.39 is 10.0 Å². The summed E-state index contributed by atoms with van der Waals surface area (Å²) in [7, 11) is -0.959. The molecular formula is C24H20Cl2N2O4S2. The highest BCUT2D eigenvalue weighted by atomic mass is 35.5. The summed E-state index contributed by atoms with van der Waals surface area (Å²) in [5, 5.41) is 4.11. The maximum Gasteiger partial charge on any atom is 0.267 e. The predicted molar refractivity (Wildman–Crippen MR) is 140 cm³/mol. The Morgan fingerprint density at radius 3 is 2.56 bits per heavy atom. The van der Waals surface area contributed by atoms with E-state index in [2.05, 4.69) is 5.32 Å². The molecule has 6 nitrogen and oxygen atoms in total. The number of carbonyl (C=O) groups excluding carboxylic acids is 1. The van der Waals surface area contributed by atoms with Crippen LogP contribution in [0.25, 0.3) is 10.1 Å². The van der Waals surface area contributed by atoms with Crippen LogP contribution in [0.2, 0.25) is 10.0 Å². The molecule has 4 rings (SSSR count). The van der Waals surface area contributed by atoms with Gasteiger partial charge in [-0.15, -0.1) is 11.3 Å². The van der Waals surface area contributed by atoms with Crippen molar-refractivity contribution in [1.82, 2.24) is 0 Å². The Balaban J connectivity index is 1.65. The van der Waals surface area contributed by atoms with Gasteiger partial charge in [-0.2, -0.15) is 0 Å². The summed E-state index contributed by atoms with van der Waals surface area (Å²) in [5.41, 5.74) is 1.67. The van der Waals surface area contributed by atoms with Gasteiger partial charge in [-0.1, -0.05) is 35.3 Å². The van der Waals surface area contributed by atoms with Gasteiger partial charge in [0.05, 0.1) is 33.4 Å². The van der Waals surface area contributed by atoms with Gasteiger partial charge in [0.25, 0.3) is 15.9 Å². The van der Waals surface area contributed by atoms with Gasteiger partial charge in [0.1, 0.15) is 10.6 Å². The molecule has 3 aromatic carbocycles. The smallest absolute Gasteiger partial charge is 0.267 e. The van der Waals surface area contributed by atoms with Crippen LogP contribution in [0, 0.1) is 6.92 Å². The SMILES string of the molecule is COc1ccc(C)cc1S(=O)(=O)N(C)c1ccc2sc(C(=O)Nc3cccc(Cl)c3Cl)cc2c1. The van der Waals surface area contributed by atoms with Gasteiger partial charge < -0.3 is 10.1 Å². The van der Waals surface area contributed by atoms with Crippen molar-refractivity contribution in [1.29, 1.82) is 0 Å². The molecule has 0 saturated heterocycles. The molecule has 0 atom stereocenters. The van der Waals surface area contributed by atoms with Crippen LogP contribution in [-0.2, 0) is 10.0 Å². The minimum absolute atomic E-state index is 0.0846. The summed E-state index contributed by atoms with van der Waals surface area (Å²) in [6.07, 6.45) is 0. The number of nitrogens with one attached hydrogen (secondary N) is 1. The Morgan fingerprint density at radius 1 is 1.06 bits per heavy atom. The number of ether oxygens (including phenoxy) is 1. The molecule has 0 unspecified atom stereocenters. The minimum Gasteiger partial charge on any atom is -0.495 e. The number of benzene rings is 3. The Hall–Kier alpha value is -2.78. The van der Waals surface area contributed by atoms with Crippen LogP contribution >= 0.6 is 34.5 Å². The highest BCUT2D eigenvalue weighted by Crippen LogP contribution is 2.35. The van der Waals surface area contributed by atoms with Gasteiger partial charge in [0.15, 0.2) is 0 Å². The molecule has 34 heavy (non-hydrogen) atoms. The van der Waals surface area contributed by atoms with E-state index in [9.17, 15) is 13.2 Å². The summed E-state index contributed by atoms with van der Waals surface area (Å²) in [6, 6.07) is 16.9. The van der Waals surface area contributed by atoms with E-state index in [4.69, 9.17) is 27.9 Å². The van der Waals surface area contributed by atoms with Gasteiger partial charge in [-0.05, 0) is 66.4 Å². The monoisotopic (exact) mass is 534 g/mol. The summed E-state index contributed by atoms with van der Waals surface area (Å²) < 4.78 is 34.0. The zero-order valence-corrected chi connectivity index (χ0v) is 21.6. The first-order valence-electron chi connectivity index (χ1n) is 10.0. The zero-order chi connectivity index (χ0) is 24.6. The molecule has 4 aromatic rings. The van der Waals surface area contributed by atoms with E-state index in [1.54, 1.807) is 60.7 Å². The summed E-state index contributed by atoms with van der Waals surface area (Å²) in [4.78, 5) is 13.3. The highest BCUT2D eigenvalue weighted by Gasteiger charge is 2.26. The zero-order valence-electron chi connectivity index (χ0n) is 18.4. The number of fused-ring (bicyclic) bond motifs is 1. The summed E-state index contributed by atoms with van der Waals surface area (Å²) in [6.45, 7) is 1.82. The first-order valence-corrected chi connectivity index (χ1v) is 13.1. The third-order valence-corrected chi connectivity index (χ3v) is 8.99. The lowest BCUT2D eigenvalue weighted by atomic mass is 10.2. The van der Waals surface area contributed by atoms with E-state index in [1.807, 2.05) is 6.92 Å². The molecule has 176 valence electrons. The molecule has 1 heterocycles. The molecule has 0 aliphatic carbocycles. The normalized spacial score (nSPS) is 11.4. The molecule has 10 heteroatoms. The first kappa shape index (κ1) is 24.3. The number of hydrogen-bond acceptors (Lipinski definition) is 5. The van der Waals surface area contributed by atoms with Crippen molar-refractivity contribution in [3.05, 3.63) is 81.1 Å². The minimum atomic E-state index is -3.88. The second kappa shape index (κ2) is 9.46. The number of carbonyl (C=O) groups is 1. The van der Waals surface area contributed by atoms with Crippen LogP contribution in [0.4, 0.5) is 11.4 Å². The highest BCUT2D eigenvalue weighted by molar-refractivity contribution is 7.93.